The van der Waals surface area contributed by atoms with Crippen LogP contribution in [0, 0.1) is 10.1 Å². The molecule has 0 aliphatic carbocycles. The molecule has 34 heavy (non-hydrogen) atoms. The Labute approximate surface area is 197 Å². The van der Waals surface area contributed by atoms with Gasteiger partial charge >= 0.3 is 0 Å². The van der Waals surface area contributed by atoms with Crippen LogP contribution in [-0.2, 0) is 10.0 Å². The van der Waals surface area contributed by atoms with Crippen molar-refractivity contribution in [2.45, 2.75) is 4.90 Å². The summed E-state index contributed by atoms with van der Waals surface area (Å²) in [7, 11) is -2.76. The van der Waals surface area contributed by atoms with E-state index in [1.807, 2.05) is 21.9 Å². The number of benzene rings is 3. The van der Waals surface area contributed by atoms with Crippen molar-refractivity contribution in [1.82, 2.24) is 0 Å². The minimum atomic E-state index is -4.18. The molecule has 1 fully saturated rings. The molecule has 3 aromatic carbocycles. The van der Waals surface area contributed by atoms with Crippen molar-refractivity contribution < 1.29 is 23.2 Å². The summed E-state index contributed by atoms with van der Waals surface area (Å²) in [6.07, 6.45) is 0. The van der Waals surface area contributed by atoms with Crippen molar-refractivity contribution in [2.75, 3.05) is 47.8 Å². The van der Waals surface area contributed by atoms with Crippen molar-refractivity contribution >= 4 is 32.8 Å². The Morgan fingerprint density at radius 1 is 0.941 bits per heavy atom. The lowest BCUT2D eigenvalue weighted by Gasteiger charge is -2.38. The number of para-hydroxylation sites is 4. The number of sulfonamides is 1. The maximum absolute atomic E-state index is 13.4. The molecule has 2 N–H and O–H groups in total. The minimum absolute atomic E-state index is 0.176. The Kier molecular flexibility index (Phi) is 6.46. The van der Waals surface area contributed by atoms with Crippen molar-refractivity contribution in [1.29, 1.82) is 0 Å². The van der Waals surface area contributed by atoms with Crippen LogP contribution < -0.4 is 19.3 Å². The lowest BCUT2D eigenvalue weighted by atomic mass is 10.2. The van der Waals surface area contributed by atoms with Gasteiger partial charge in [0.2, 0.25) is 0 Å². The number of hydrogen-bond donors (Lipinski definition) is 2. The molecule has 3 aromatic rings. The second-order valence-corrected chi connectivity index (χ2v) is 9.33. The molecule has 10 nitrogen and oxygen atoms in total. The van der Waals surface area contributed by atoms with Crippen LogP contribution >= 0.6 is 0 Å². The summed E-state index contributed by atoms with van der Waals surface area (Å²) in [5.74, 6) is 0.505. The van der Waals surface area contributed by atoms with Gasteiger partial charge in [0, 0.05) is 38.3 Å². The molecule has 11 heteroatoms. The van der Waals surface area contributed by atoms with Crippen LogP contribution in [0.4, 0.5) is 22.7 Å². The average Bonchev–Trinajstić information content (AvgIpc) is 2.84. The van der Waals surface area contributed by atoms with E-state index in [0.717, 1.165) is 6.07 Å². The summed E-state index contributed by atoms with van der Waals surface area (Å²) in [4.78, 5) is 14.5. The Morgan fingerprint density at radius 3 is 2.21 bits per heavy atom. The highest BCUT2D eigenvalue weighted by Gasteiger charge is 2.28. The molecule has 1 aliphatic rings. The van der Waals surface area contributed by atoms with Crippen molar-refractivity contribution in [3.63, 3.8) is 0 Å². The third-order valence-corrected chi connectivity index (χ3v) is 7.03. The summed E-state index contributed by atoms with van der Waals surface area (Å²) >= 11 is 0. The van der Waals surface area contributed by atoms with Gasteiger partial charge in [0.25, 0.3) is 15.7 Å². The van der Waals surface area contributed by atoms with Crippen LogP contribution in [-0.4, -0.2) is 51.7 Å². The first-order valence-corrected chi connectivity index (χ1v) is 12.0. The summed E-state index contributed by atoms with van der Waals surface area (Å²) in [6, 6.07) is 17.4. The number of hydrogen-bond acceptors (Lipinski definition) is 8. The zero-order chi connectivity index (χ0) is 24.3. The Balaban J connectivity index is 1.65. The second kappa shape index (κ2) is 9.48. The number of non-ortho nitro benzene ring substituents is 1. The highest BCUT2D eigenvalue weighted by atomic mass is 32.2. The normalized spacial score (nSPS) is 14.0. The third kappa shape index (κ3) is 4.69. The first-order chi connectivity index (χ1) is 16.3. The van der Waals surface area contributed by atoms with Crippen molar-refractivity contribution in [3.8, 4) is 11.5 Å². The smallest absolute Gasteiger partial charge is 0.270 e. The molecule has 0 atom stereocenters. The van der Waals surface area contributed by atoms with Crippen LogP contribution in [0.15, 0.2) is 71.6 Å². The van der Waals surface area contributed by atoms with E-state index in [0.29, 0.717) is 43.3 Å². The molecule has 0 unspecified atom stereocenters. The zero-order valence-corrected chi connectivity index (χ0v) is 19.2. The molecule has 0 amide bonds. The molecule has 0 radical (unpaired) electrons. The van der Waals surface area contributed by atoms with Gasteiger partial charge < -0.3 is 19.6 Å². The number of nitro benzene ring substituents is 1. The van der Waals surface area contributed by atoms with Crippen molar-refractivity contribution in [3.05, 3.63) is 76.8 Å². The van der Waals surface area contributed by atoms with Gasteiger partial charge in [-0.1, -0.05) is 24.3 Å². The van der Waals surface area contributed by atoms with Crippen LogP contribution in [0.3, 0.4) is 0 Å². The fraction of sp³-hybridized carbons (Fsp3) is 0.217. The Morgan fingerprint density at radius 2 is 1.56 bits per heavy atom. The molecule has 0 saturated carbocycles. The maximum atomic E-state index is 13.4. The number of rotatable bonds is 7. The molecule has 0 bridgehead atoms. The number of phenolic OH excluding ortho intramolecular Hbond substituents is 1. The second-order valence-electron chi connectivity index (χ2n) is 7.68. The van der Waals surface area contributed by atoms with E-state index in [9.17, 15) is 23.6 Å². The highest BCUT2D eigenvalue weighted by molar-refractivity contribution is 7.93. The number of ether oxygens (including phenoxy) is 1. The van der Waals surface area contributed by atoms with E-state index in [1.54, 1.807) is 36.4 Å². The first kappa shape index (κ1) is 23.2. The minimum Gasteiger partial charge on any atom is -0.506 e. The van der Waals surface area contributed by atoms with Gasteiger partial charge in [-0.3, -0.25) is 14.8 Å². The molecule has 4 rings (SSSR count). The van der Waals surface area contributed by atoms with Gasteiger partial charge in [-0.05, 0) is 30.3 Å². The number of anilines is 3. The summed E-state index contributed by atoms with van der Waals surface area (Å²) in [5.41, 5.74) is 0.977. The predicted octanol–water partition coefficient (Wildman–Crippen LogP) is 3.44. The monoisotopic (exact) mass is 484 g/mol. The first-order valence-electron chi connectivity index (χ1n) is 10.5. The van der Waals surface area contributed by atoms with Crippen molar-refractivity contribution in [2.24, 2.45) is 0 Å². The predicted molar refractivity (Wildman–Crippen MR) is 129 cm³/mol. The molecule has 0 aromatic heterocycles. The van der Waals surface area contributed by atoms with E-state index < -0.39 is 14.9 Å². The van der Waals surface area contributed by atoms with E-state index >= 15 is 0 Å². The average molecular weight is 485 g/mol. The number of piperazine rings is 1. The fourth-order valence-electron chi connectivity index (χ4n) is 3.94. The number of methoxy groups -OCH3 is 1. The molecule has 1 heterocycles. The molecular formula is C23H24N4O6S. The summed E-state index contributed by atoms with van der Waals surface area (Å²) < 4.78 is 34.5. The molecule has 178 valence electrons. The van der Waals surface area contributed by atoms with E-state index in [1.165, 1.54) is 19.2 Å². The van der Waals surface area contributed by atoms with Gasteiger partial charge in [-0.2, -0.15) is 0 Å². The number of nitrogens with one attached hydrogen (secondary N) is 1. The highest BCUT2D eigenvalue weighted by Crippen LogP contribution is 2.34. The fourth-order valence-corrected chi connectivity index (χ4v) is 5.26. The SMILES string of the molecule is COc1ccccc1NS(=O)(=O)c1cc([N+](=O)[O-])ccc1N1CCN(c2ccccc2O)CC1. The lowest BCUT2D eigenvalue weighted by molar-refractivity contribution is -0.385. The molecule has 1 aliphatic heterocycles. The number of phenols is 1. The zero-order valence-electron chi connectivity index (χ0n) is 18.4. The van der Waals surface area contributed by atoms with Gasteiger partial charge in [0.15, 0.2) is 0 Å². The maximum Gasteiger partial charge on any atom is 0.270 e. The lowest BCUT2D eigenvalue weighted by Crippen LogP contribution is -2.47. The topological polar surface area (TPSA) is 125 Å². The Hall–Kier alpha value is -3.99. The van der Waals surface area contributed by atoms with E-state index in [2.05, 4.69) is 4.72 Å². The van der Waals surface area contributed by atoms with Gasteiger partial charge in [0.1, 0.15) is 16.4 Å². The number of nitro groups is 1. The van der Waals surface area contributed by atoms with Crippen LogP contribution in [0.2, 0.25) is 0 Å². The molecular weight excluding hydrogens is 460 g/mol. The van der Waals surface area contributed by atoms with Crippen LogP contribution in [0.25, 0.3) is 0 Å². The number of aromatic hydroxyl groups is 1. The quantitative estimate of drug-likeness (QED) is 0.386. The standard InChI is InChI=1S/C23H24N4O6S/c1-33-22-9-5-2-6-18(22)24-34(31,32)23-16-17(27(29)30)10-11-20(23)26-14-12-25(13-15-26)19-7-3-4-8-21(19)28/h2-11,16,24,28H,12-15H2,1H3. The summed E-state index contributed by atoms with van der Waals surface area (Å²) in [6.45, 7) is 1.99. The van der Waals surface area contributed by atoms with Crippen LogP contribution in [0.1, 0.15) is 0 Å². The van der Waals surface area contributed by atoms with Gasteiger partial charge in [-0.25, -0.2) is 8.42 Å². The van der Waals surface area contributed by atoms with Crippen LogP contribution in [0.5, 0.6) is 11.5 Å². The molecule has 0 spiro atoms. The molecule has 1 saturated heterocycles. The Bertz CT molecular complexity index is 1310. The van der Waals surface area contributed by atoms with Gasteiger partial charge in [0.05, 0.1) is 29.1 Å². The third-order valence-electron chi connectivity index (χ3n) is 5.64. The number of nitrogens with zero attached hydrogens (tertiary/aromatic N) is 3. The van der Waals surface area contributed by atoms with E-state index in [-0.39, 0.29) is 22.0 Å². The largest absolute Gasteiger partial charge is 0.506 e. The van der Waals surface area contributed by atoms with E-state index in [4.69, 9.17) is 4.74 Å². The summed E-state index contributed by atoms with van der Waals surface area (Å²) in [5, 5.41) is 21.5. The van der Waals surface area contributed by atoms with Gasteiger partial charge in [-0.15, -0.1) is 0 Å².